The molecular formula is C14H13N3O2. The number of pyridine rings is 1. The van der Waals surface area contributed by atoms with Crippen molar-refractivity contribution < 1.29 is 4.74 Å². The van der Waals surface area contributed by atoms with Gasteiger partial charge in [0.1, 0.15) is 11.3 Å². The first-order valence-corrected chi connectivity index (χ1v) is 5.94. The topological polar surface area (TPSA) is 59.9 Å². The van der Waals surface area contributed by atoms with E-state index in [9.17, 15) is 4.79 Å². The maximum absolute atomic E-state index is 12.0. The van der Waals surface area contributed by atoms with E-state index < -0.39 is 0 Å². The minimum Gasteiger partial charge on any atom is -0.497 e. The highest BCUT2D eigenvalue weighted by Gasteiger charge is 2.05. The van der Waals surface area contributed by atoms with Gasteiger partial charge in [0.25, 0.3) is 5.56 Å². The van der Waals surface area contributed by atoms with Gasteiger partial charge < -0.3 is 9.30 Å². The molecular weight excluding hydrogens is 242 g/mol. The van der Waals surface area contributed by atoms with E-state index in [-0.39, 0.29) is 5.56 Å². The smallest absolute Gasteiger partial charge is 0.251 e. The molecule has 3 aromatic rings. The zero-order valence-corrected chi connectivity index (χ0v) is 10.5. The fourth-order valence-electron chi connectivity index (χ4n) is 2.07. The molecule has 5 heteroatoms. The number of aromatic amines is 1. The van der Waals surface area contributed by atoms with Gasteiger partial charge in [0.05, 0.1) is 19.2 Å². The Bertz CT molecular complexity index is 756. The van der Waals surface area contributed by atoms with Crippen LogP contribution in [0.4, 0.5) is 0 Å². The molecule has 96 valence electrons. The van der Waals surface area contributed by atoms with Gasteiger partial charge in [-0.25, -0.2) is 0 Å². The summed E-state index contributed by atoms with van der Waals surface area (Å²) in [7, 11) is 1.63. The van der Waals surface area contributed by atoms with Gasteiger partial charge in [-0.05, 0) is 23.8 Å². The first-order valence-electron chi connectivity index (χ1n) is 5.94. The number of nitrogens with zero attached hydrogens (tertiary/aromatic N) is 2. The summed E-state index contributed by atoms with van der Waals surface area (Å²) in [5, 5.41) is 6.86. The number of nitrogens with one attached hydrogen (secondary N) is 1. The quantitative estimate of drug-likeness (QED) is 0.776. The maximum Gasteiger partial charge on any atom is 0.251 e. The highest BCUT2D eigenvalue weighted by Crippen LogP contribution is 2.14. The second kappa shape index (κ2) is 4.61. The first kappa shape index (κ1) is 11.5. The van der Waals surface area contributed by atoms with Gasteiger partial charge in [0.2, 0.25) is 0 Å². The molecule has 2 heterocycles. The molecule has 1 N–H and O–H groups in total. The molecule has 0 bridgehead atoms. The van der Waals surface area contributed by atoms with Gasteiger partial charge >= 0.3 is 0 Å². The van der Waals surface area contributed by atoms with E-state index in [4.69, 9.17) is 4.74 Å². The van der Waals surface area contributed by atoms with Crippen LogP contribution >= 0.6 is 0 Å². The first-order chi connectivity index (χ1) is 9.28. The lowest BCUT2D eigenvalue weighted by Crippen LogP contribution is -2.19. The summed E-state index contributed by atoms with van der Waals surface area (Å²) < 4.78 is 6.81. The Labute approximate surface area is 109 Å². The van der Waals surface area contributed by atoms with E-state index in [0.717, 1.165) is 22.3 Å². The third kappa shape index (κ3) is 2.10. The number of benzene rings is 1. The molecule has 0 radical (unpaired) electrons. The van der Waals surface area contributed by atoms with Gasteiger partial charge in [-0.15, -0.1) is 0 Å². The van der Waals surface area contributed by atoms with Gasteiger partial charge in [0, 0.05) is 12.3 Å². The number of aromatic nitrogens is 3. The molecule has 0 aliphatic carbocycles. The fraction of sp³-hybridized carbons (Fsp3) is 0.143. The third-order valence-electron chi connectivity index (χ3n) is 3.09. The largest absolute Gasteiger partial charge is 0.497 e. The van der Waals surface area contributed by atoms with Crippen LogP contribution in [0, 0.1) is 0 Å². The van der Waals surface area contributed by atoms with Crippen molar-refractivity contribution in [2.75, 3.05) is 7.11 Å². The average Bonchev–Trinajstić information content (AvgIpc) is 2.91. The van der Waals surface area contributed by atoms with Gasteiger partial charge in [-0.2, -0.15) is 5.10 Å². The molecule has 0 saturated heterocycles. The summed E-state index contributed by atoms with van der Waals surface area (Å²) in [4.78, 5) is 12.0. The minimum absolute atomic E-state index is 0.0373. The molecule has 0 amide bonds. The monoisotopic (exact) mass is 255 g/mol. The number of rotatable bonds is 3. The summed E-state index contributed by atoms with van der Waals surface area (Å²) in [6.45, 7) is 0.514. The fourth-order valence-corrected chi connectivity index (χ4v) is 2.07. The lowest BCUT2D eigenvalue weighted by atomic mass is 10.2. The number of methoxy groups -OCH3 is 1. The van der Waals surface area contributed by atoms with Gasteiger partial charge in [-0.3, -0.25) is 9.89 Å². The van der Waals surface area contributed by atoms with Crippen LogP contribution in [-0.2, 0) is 6.54 Å². The standard InChI is InChI=1S/C14H13N3O2/c1-19-11-4-2-10(3-5-11)9-17-13-8-15-16-12(13)6-7-14(17)18/h2-8H,9H2,1H3,(H,15,16). The zero-order valence-electron chi connectivity index (χ0n) is 10.5. The molecule has 0 aliphatic rings. The lowest BCUT2D eigenvalue weighted by molar-refractivity contribution is 0.414. The van der Waals surface area contributed by atoms with Crippen LogP contribution < -0.4 is 10.3 Å². The normalized spacial score (nSPS) is 10.8. The van der Waals surface area contributed by atoms with Crippen LogP contribution in [-0.4, -0.2) is 21.9 Å². The maximum atomic E-state index is 12.0. The van der Waals surface area contributed by atoms with E-state index >= 15 is 0 Å². The summed E-state index contributed by atoms with van der Waals surface area (Å²) >= 11 is 0. The number of ether oxygens (including phenoxy) is 1. The van der Waals surface area contributed by atoms with Gasteiger partial charge in [0.15, 0.2) is 0 Å². The van der Waals surface area contributed by atoms with E-state index in [1.54, 1.807) is 23.9 Å². The predicted molar refractivity (Wildman–Crippen MR) is 72.4 cm³/mol. The number of H-pyrrole nitrogens is 1. The Morgan fingerprint density at radius 2 is 2.00 bits per heavy atom. The van der Waals surface area contributed by atoms with E-state index in [1.165, 1.54) is 6.07 Å². The van der Waals surface area contributed by atoms with Crippen LogP contribution in [0.2, 0.25) is 0 Å². The molecule has 19 heavy (non-hydrogen) atoms. The molecule has 3 rings (SSSR count). The number of hydrogen-bond acceptors (Lipinski definition) is 3. The van der Waals surface area contributed by atoms with E-state index in [1.807, 2.05) is 24.3 Å². The highest BCUT2D eigenvalue weighted by atomic mass is 16.5. The third-order valence-corrected chi connectivity index (χ3v) is 3.09. The van der Waals surface area contributed by atoms with Crippen molar-refractivity contribution in [3.8, 4) is 5.75 Å². The summed E-state index contributed by atoms with van der Waals surface area (Å²) in [5.74, 6) is 0.803. The summed E-state index contributed by atoms with van der Waals surface area (Å²) in [6, 6.07) is 10.9. The lowest BCUT2D eigenvalue weighted by Gasteiger charge is -2.07. The molecule has 5 nitrogen and oxygen atoms in total. The second-order valence-electron chi connectivity index (χ2n) is 4.26. The summed E-state index contributed by atoms with van der Waals surface area (Å²) in [6.07, 6.45) is 1.74. The second-order valence-corrected chi connectivity index (χ2v) is 4.26. The van der Waals surface area contributed by atoms with Crippen LogP contribution in [0.25, 0.3) is 11.0 Å². The van der Waals surface area contributed by atoms with Crippen molar-refractivity contribution in [1.29, 1.82) is 0 Å². The van der Waals surface area contributed by atoms with Gasteiger partial charge in [-0.1, -0.05) is 12.1 Å². The molecule has 1 aromatic carbocycles. The molecule has 0 spiro atoms. The predicted octanol–water partition coefficient (Wildman–Crippen LogP) is 1.78. The average molecular weight is 255 g/mol. The molecule has 0 aliphatic heterocycles. The van der Waals surface area contributed by atoms with Crippen molar-refractivity contribution in [1.82, 2.24) is 14.8 Å². The molecule has 2 aromatic heterocycles. The molecule has 0 saturated carbocycles. The van der Waals surface area contributed by atoms with Crippen molar-refractivity contribution >= 4 is 11.0 Å². The Kier molecular flexibility index (Phi) is 2.79. The highest BCUT2D eigenvalue weighted by molar-refractivity contribution is 5.73. The van der Waals surface area contributed by atoms with Crippen molar-refractivity contribution in [2.24, 2.45) is 0 Å². The van der Waals surface area contributed by atoms with Crippen molar-refractivity contribution in [2.45, 2.75) is 6.54 Å². The van der Waals surface area contributed by atoms with Crippen LogP contribution in [0.1, 0.15) is 5.56 Å². The number of fused-ring (bicyclic) bond motifs is 1. The SMILES string of the molecule is COc1ccc(Cn2c(=O)ccc3n[nH]cc32)cc1. The minimum atomic E-state index is -0.0373. The van der Waals surface area contributed by atoms with Crippen molar-refractivity contribution in [3.63, 3.8) is 0 Å². The van der Waals surface area contributed by atoms with E-state index in [0.29, 0.717) is 6.54 Å². The zero-order chi connectivity index (χ0) is 13.2. The molecule has 0 atom stereocenters. The van der Waals surface area contributed by atoms with Crippen LogP contribution in [0.5, 0.6) is 5.75 Å². The van der Waals surface area contributed by atoms with E-state index in [2.05, 4.69) is 10.2 Å². The molecule has 0 fully saturated rings. The summed E-state index contributed by atoms with van der Waals surface area (Å²) in [5.41, 5.74) is 2.60. The Balaban J connectivity index is 2.02. The Morgan fingerprint density at radius 3 is 2.74 bits per heavy atom. The molecule has 0 unspecified atom stereocenters. The van der Waals surface area contributed by atoms with Crippen molar-refractivity contribution in [3.05, 3.63) is 58.5 Å². The Morgan fingerprint density at radius 1 is 1.21 bits per heavy atom. The van der Waals surface area contributed by atoms with Crippen LogP contribution in [0.3, 0.4) is 0 Å². The van der Waals surface area contributed by atoms with Crippen LogP contribution in [0.15, 0.2) is 47.4 Å². The Hall–Kier alpha value is -2.56. The number of hydrogen-bond donors (Lipinski definition) is 1.